The lowest BCUT2D eigenvalue weighted by molar-refractivity contribution is 0.193. The lowest BCUT2D eigenvalue weighted by Crippen LogP contribution is -2.45. The second-order valence-corrected chi connectivity index (χ2v) is 5.01. The quantitative estimate of drug-likeness (QED) is 0.901. The van der Waals surface area contributed by atoms with Crippen LogP contribution in [0.4, 0.5) is 0 Å². The Kier molecular flexibility index (Phi) is 3.62. The molecule has 1 saturated heterocycles. The van der Waals surface area contributed by atoms with E-state index in [0.717, 1.165) is 26.2 Å². The highest BCUT2D eigenvalue weighted by Gasteiger charge is 2.25. The molecule has 1 fully saturated rings. The fourth-order valence-electron chi connectivity index (χ4n) is 2.81. The SMILES string of the molecule is Cn1cccc1C(c1ccncc1)N1CCNCC1. The average Bonchev–Trinajstić information content (AvgIpc) is 2.88. The highest BCUT2D eigenvalue weighted by molar-refractivity contribution is 5.27. The molecule has 2 aromatic heterocycles. The van der Waals surface area contributed by atoms with Crippen LogP contribution in [0.3, 0.4) is 0 Å². The zero-order valence-electron chi connectivity index (χ0n) is 11.3. The molecule has 0 amide bonds. The molecule has 100 valence electrons. The summed E-state index contributed by atoms with van der Waals surface area (Å²) in [5.74, 6) is 0. The summed E-state index contributed by atoms with van der Waals surface area (Å²) in [5.41, 5.74) is 2.66. The monoisotopic (exact) mass is 256 g/mol. The van der Waals surface area contributed by atoms with Crippen LogP contribution in [0.5, 0.6) is 0 Å². The van der Waals surface area contributed by atoms with E-state index in [1.807, 2.05) is 12.4 Å². The largest absolute Gasteiger partial charge is 0.353 e. The van der Waals surface area contributed by atoms with Crippen LogP contribution in [-0.2, 0) is 7.05 Å². The van der Waals surface area contributed by atoms with Gasteiger partial charge in [-0.1, -0.05) is 0 Å². The molecule has 0 saturated carbocycles. The van der Waals surface area contributed by atoms with E-state index in [9.17, 15) is 0 Å². The van der Waals surface area contributed by atoms with Crippen LogP contribution in [0.1, 0.15) is 17.3 Å². The molecule has 1 aliphatic rings. The summed E-state index contributed by atoms with van der Waals surface area (Å²) in [4.78, 5) is 6.68. The zero-order chi connectivity index (χ0) is 13.1. The van der Waals surface area contributed by atoms with Crippen LogP contribution in [0.2, 0.25) is 0 Å². The van der Waals surface area contributed by atoms with Gasteiger partial charge in [0.1, 0.15) is 0 Å². The Balaban J connectivity index is 1.98. The molecule has 3 rings (SSSR count). The number of hydrogen-bond donors (Lipinski definition) is 1. The van der Waals surface area contributed by atoms with Crippen molar-refractivity contribution in [2.45, 2.75) is 6.04 Å². The van der Waals surface area contributed by atoms with Crippen molar-refractivity contribution in [3.63, 3.8) is 0 Å². The molecule has 0 aromatic carbocycles. The number of nitrogens with one attached hydrogen (secondary N) is 1. The van der Waals surface area contributed by atoms with Crippen LogP contribution in [0, 0.1) is 0 Å². The number of pyridine rings is 1. The van der Waals surface area contributed by atoms with Gasteiger partial charge in [-0.3, -0.25) is 9.88 Å². The Labute approximate surface area is 114 Å². The zero-order valence-corrected chi connectivity index (χ0v) is 11.3. The van der Waals surface area contributed by atoms with Crippen LogP contribution in [0.25, 0.3) is 0 Å². The molecule has 19 heavy (non-hydrogen) atoms. The summed E-state index contributed by atoms with van der Waals surface area (Å²) in [6.45, 7) is 4.29. The van der Waals surface area contributed by atoms with Gasteiger partial charge in [-0.05, 0) is 29.8 Å². The molecule has 1 N–H and O–H groups in total. The Hall–Kier alpha value is -1.65. The third kappa shape index (κ3) is 2.55. The summed E-state index contributed by atoms with van der Waals surface area (Å²) < 4.78 is 2.22. The van der Waals surface area contributed by atoms with Gasteiger partial charge in [-0.25, -0.2) is 0 Å². The minimum Gasteiger partial charge on any atom is -0.353 e. The van der Waals surface area contributed by atoms with Gasteiger partial charge in [-0.15, -0.1) is 0 Å². The molecule has 0 bridgehead atoms. The van der Waals surface area contributed by atoms with Gasteiger partial charge < -0.3 is 9.88 Å². The highest BCUT2D eigenvalue weighted by Crippen LogP contribution is 2.28. The predicted octanol–water partition coefficient (Wildman–Crippen LogP) is 1.41. The summed E-state index contributed by atoms with van der Waals surface area (Å²) >= 11 is 0. The fourth-order valence-corrected chi connectivity index (χ4v) is 2.81. The molecular formula is C15H20N4. The second-order valence-electron chi connectivity index (χ2n) is 5.01. The molecule has 4 nitrogen and oxygen atoms in total. The first-order valence-corrected chi connectivity index (χ1v) is 6.82. The van der Waals surface area contributed by atoms with E-state index < -0.39 is 0 Å². The number of nitrogens with zero attached hydrogens (tertiary/aromatic N) is 3. The average molecular weight is 256 g/mol. The molecule has 0 spiro atoms. The van der Waals surface area contributed by atoms with Gasteiger partial charge in [0.05, 0.1) is 6.04 Å². The standard InChI is InChI=1S/C15H20N4/c1-18-10-2-3-14(18)15(13-4-6-16-7-5-13)19-11-8-17-9-12-19/h2-7,10,15,17H,8-9,11-12H2,1H3. The van der Waals surface area contributed by atoms with E-state index in [4.69, 9.17) is 0 Å². The van der Waals surface area contributed by atoms with Crippen LogP contribution in [0.15, 0.2) is 42.9 Å². The van der Waals surface area contributed by atoms with E-state index in [2.05, 4.69) is 57.3 Å². The molecule has 3 heterocycles. The van der Waals surface area contributed by atoms with E-state index in [0.29, 0.717) is 6.04 Å². The maximum Gasteiger partial charge on any atom is 0.0758 e. The van der Waals surface area contributed by atoms with Crippen molar-refractivity contribution in [2.75, 3.05) is 26.2 Å². The van der Waals surface area contributed by atoms with Gasteiger partial charge >= 0.3 is 0 Å². The van der Waals surface area contributed by atoms with E-state index >= 15 is 0 Å². The number of piperazine rings is 1. The lowest BCUT2D eigenvalue weighted by Gasteiger charge is -2.35. The third-order valence-corrected chi connectivity index (χ3v) is 3.80. The fraction of sp³-hybridized carbons (Fsp3) is 0.400. The Morgan fingerprint density at radius 2 is 1.89 bits per heavy atom. The van der Waals surface area contributed by atoms with Crippen molar-refractivity contribution in [3.8, 4) is 0 Å². The Morgan fingerprint density at radius 3 is 2.53 bits per heavy atom. The van der Waals surface area contributed by atoms with Crippen molar-refractivity contribution < 1.29 is 0 Å². The predicted molar refractivity (Wildman–Crippen MR) is 75.9 cm³/mol. The second kappa shape index (κ2) is 5.55. The lowest BCUT2D eigenvalue weighted by atomic mass is 10.0. The molecule has 1 aliphatic heterocycles. The maximum absolute atomic E-state index is 4.14. The number of rotatable bonds is 3. The topological polar surface area (TPSA) is 33.1 Å². The molecule has 0 radical (unpaired) electrons. The van der Waals surface area contributed by atoms with Crippen LogP contribution in [-0.4, -0.2) is 40.6 Å². The van der Waals surface area contributed by atoms with Gasteiger partial charge in [-0.2, -0.15) is 0 Å². The summed E-state index contributed by atoms with van der Waals surface area (Å²) in [7, 11) is 2.12. The third-order valence-electron chi connectivity index (χ3n) is 3.80. The van der Waals surface area contributed by atoms with Crippen LogP contribution >= 0.6 is 0 Å². The smallest absolute Gasteiger partial charge is 0.0758 e. The molecule has 1 unspecified atom stereocenters. The molecule has 1 atom stereocenters. The summed E-state index contributed by atoms with van der Waals surface area (Å²) in [6, 6.07) is 8.91. The van der Waals surface area contributed by atoms with Crippen molar-refractivity contribution in [3.05, 3.63) is 54.1 Å². The molecule has 2 aromatic rings. The Morgan fingerprint density at radius 1 is 1.16 bits per heavy atom. The highest BCUT2D eigenvalue weighted by atomic mass is 15.2. The first kappa shape index (κ1) is 12.4. The van der Waals surface area contributed by atoms with Gasteiger partial charge in [0, 0.05) is 57.5 Å². The number of aryl methyl sites for hydroxylation is 1. The van der Waals surface area contributed by atoms with E-state index in [-0.39, 0.29) is 0 Å². The van der Waals surface area contributed by atoms with Crippen molar-refractivity contribution in [1.82, 2.24) is 19.8 Å². The normalized spacial score (nSPS) is 18.4. The van der Waals surface area contributed by atoms with Gasteiger partial charge in [0.25, 0.3) is 0 Å². The molecular weight excluding hydrogens is 236 g/mol. The van der Waals surface area contributed by atoms with Crippen molar-refractivity contribution in [2.24, 2.45) is 7.05 Å². The van der Waals surface area contributed by atoms with E-state index in [1.54, 1.807) is 0 Å². The van der Waals surface area contributed by atoms with E-state index in [1.165, 1.54) is 11.3 Å². The Bertz CT molecular complexity index is 514. The minimum absolute atomic E-state index is 0.324. The first-order valence-electron chi connectivity index (χ1n) is 6.82. The van der Waals surface area contributed by atoms with Gasteiger partial charge in [0.2, 0.25) is 0 Å². The summed E-state index contributed by atoms with van der Waals surface area (Å²) in [6.07, 6.45) is 5.88. The number of hydrogen-bond acceptors (Lipinski definition) is 3. The maximum atomic E-state index is 4.14. The first-order chi connectivity index (χ1) is 9.36. The number of aromatic nitrogens is 2. The summed E-state index contributed by atoms with van der Waals surface area (Å²) in [5, 5.41) is 3.42. The molecule has 4 heteroatoms. The van der Waals surface area contributed by atoms with Crippen LogP contribution < -0.4 is 5.32 Å². The van der Waals surface area contributed by atoms with Gasteiger partial charge in [0.15, 0.2) is 0 Å². The molecule has 0 aliphatic carbocycles. The minimum atomic E-state index is 0.324. The van der Waals surface area contributed by atoms with Crippen molar-refractivity contribution >= 4 is 0 Å². The van der Waals surface area contributed by atoms with Crippen molar-refractivity contribution in [1.29, 1.82) is 0 Å².